The zero-order chi connectivity index (χ0) is 40.6. The van der Waals surface area contributed by atoms with E-state index in [4.69, 9.17) is 9.72 Å². The third kappa shape index (κ3) is 7.07. The van der Waals surface area contributed by atoms with Crippen LogP contribution in [0.1, 0.15) is 38.3 Å². The first-order chi connectivity index (χ1) is 29.4. The van der Waals surface area contributed by atoms with Crippen LogP contribution in [-0.4, -0.2) is 22.8 Å². The van der Waals surface area contributed by atoms with E-state index < -0.39 is 0 Å². The Hall–Kier alpha value is -7.11. The number of hydrogen-bond donors (Lipinski definition) is 0. The Morgan fingerprint density at radius 1 is 0.567 bits per heavy atom. The summed E-state index contributed by atoms with van der Waals surface area (Å²) in [6, 6.07) is 64.9. The van der Waals surface area contributed by atoms with Crippen LogP contribution < -0.4 is 14.5 Å². The maximum Gasteiger partial charge on any atom is 0.137 e. The predicted octanol–water partition coefficient (Wildman–Crippen LogP) is 14.2. The average molecular weight is 781 g/mol. The largest absolute Gasteiger partial charge is 0.457 e. The van der Waals surface area contributed by atoms with Crippen LogP contribution in [0.4, 0.5) is 17.1 Å². The highest BCUT2D eigenvalue weighted by Crippen LogP contribution is 2.43. The molecule has 5 nitrogen and oxygen atoms in total. The highest BCUT2D eigenvalue weighted by Gasteiger charge is 2.27. The summed E-state index contributed by atoms with van der Waals surface area (Å²) in [4.78, 5) is 9.80. The molecule has 0 saturated carbocycles. The van der Waals surface area contributed by atoms with Crippen molar-refractivity contribution in [3.63, 3.8) is 0 Å². The van der Waals surface area contributed by atoms with E-state index in [1.54, 1.807) is 0 Å². The normalized spacial score (nSPS) is 12.7. The van der Waals surface area contributed by atoms with Crippen LogP contribution >= 0.6 is 0 Å². The third-order valence-corrected chi connectivity index (χ3v) is 11.9. The lowest BCUT2D eigenvalue weighted by Crippen LogP contribution is -2.29. The molecule has 7 aromatic carbocycles. The second kappa shape index (κ2) is 15.6. The zero-order valence-electron chi connectivity index (χ0n) is 34.4. The van der Waals surface area contributed by atoms with Gasteiger partial charge in [0.15, 0.2) is 0 Å². The minimum absolute atomic E-state index is 0.00394. The van der Waals surface area contributed by atoms with E-state index in [1.165, 1.54) is 55.5 Å². The van der Waals surface area contributed by atoms with Gasteiger partial charge in [0.1, 0.15) is 17.3 Å². The number of anilines is 3. The van der Waals surface area contributed by atoms with Crippen molar-refractivity contribution >= 4 is 38.9 Å². The number of aromatic nitrogens is 2. The SMILES string of the molecule is CC(C)(C)c1ccnc(-n2c3ccccc3c3ccc(Oc4cccc(N5CN(CCCc6c(-c7ccccc7)cccc6-c6ccccc6)c6ccccc65)c4)cc32)c1. The van der Waals surface area contributed by atoms with Crippen molar-refractivity contribution in [1.82, 2.24) is 9.55 Å². The molecule has 294 valence electrons. The summed E-state index contributed by atoms with van der Waals surface area (Å²) in [6.07, 6.45) is 3.91. The average Bonchev–Trinajstić information content (AvgIpc) is 3.82. The molecule has 0 aliphatic carbocycles. The standard InChI is InChI=1S/C55H48N4O/c1-55(2,3)41-32-33-56-54(35-41)59-50-27-11-10-23-48(50)49-31-30-44(37-53(49)59)60-43-22-14-21-42(36-43)58-38-57(51-28-12-13-29-52(51)58)34-16-26-47-45(39-17-6-4-7-18-39)24-15-25-46(47)40-19-8-5-9-20-40/h4-15,17-25,27-33,35-37H,16,26,34,38H2,1-3H3. The second-order valence-electron chi connectivity index (χ2n) is 16.8. The van der Waals surface area contributed by atoms with Gasteiger partial charge in [0.2, 0.25) is 0 Å². The first-order valence-electron chi connectivity index (χ1n) is 21.0. The summed E-state index contributed by atoms with van der Waals surface area (Å²) in [5.74, 6) is 2.48. The number of benzene rings is 7. The van der Waals surface area contributed by atoms with Gasteiger partial charge in [-0.1, -0.05) is 136 Å². The topological polar surface area (TPSA) is 33.5 Å². The molecule has 0 spiro atoms. The molecule has 0 saturated heterocycles. The van der Waals surface area contributed by atoms with Crippen LogP contribution in [0.2, 0.25) is 0 Å². The first-order valence-corrected chi connectivity index (χ1v) is 21.0. The van der Waals surface area contributed by atoms with Gasteiger partial charge in [0.05, 0.1) is 29.1 Å². The van der Waals surface area contributed by atoms with Gasteiger partial charge in [-0.3, -0.25) is 4.57 Å². The van der Waals surface area contributed by atoms with Gasteiger partial charge < -0.3 is 14.5 Å². The smallest absolute Gasteiger partial charge is 0.137 e. The molecule has 2 aromatic heterocycles. The molecule has 0 radical (unpaired) electrons. The van der Waals surface area contributed by atoms with E-state index >= 15 is 0 Å². The zero-order valence-corrected chi connectivity index (χ0v) is 34.4. The van der Waals surface area contributed by atoms with Crippen LogP contribution in [0.15, 0.2) is 188 Å². The van der Waals surface area contributed by atoms with Crippen molar-refractivity contribution in [3.8, 4) is 39.6 Å². The summed E-state index contributed by atoms with van der Waals surface area (Å²) in [5, 5.41) is 2.36. The van der Waals surface area contributed by atoms with Gasteiger partial charge in [0, 0.05) is 41.3 Å². The molecule has 10 rings (SSSR count). The molecule has 60 heavy (non-hydrogen) atoms. The molecular weight excluding hydrogens is 733 g/mol. The number of hydrogen-bond acceptors (Lipinski definition) is 4. The number of nitrogens with zero attached hydrogens (tertiary/aromatic N) is 4. The summed E-state index contributed by atoms with van der Waals surface area (Å²) in [7, 11) is 0. The molecular formula is C55H48N4O. The Morgan fingerprint density at radius 3 is 1.97 bits per heavy atom. The van der Waals surface area contributed by atoms with Crippen molar-refractivity contribution in [2.45, 2.75) is 39.0 Å². The van der Waals surface area contributed by atoms with Crippen LogP contribution in [-0.2, 0) is 11.8 Å². The van der Waals surface area contributed by atoms with Crippen molar-refractivity contribution in [3.05, 3.63) is 199 Å². The lowest BCUT2D eigenvalue weighted by Gasteiger charge is -2.23. The fraction of sp³-hybridized carbons (Fsp3) is 0.145. The Labute approximate surface area is 352 Å². The van der Waals surface area contributed by atoms with Crippen LogP contribution in [0.5, 0.6) is 11.5 Å². The van der Waals surface area contributed by atoms with E-state index in [2.05, 4.69) is 211 Å². The van der Waals surface area contributed by atoms with Gasteiger partial charge in [-0.2, -0.15) is 0 Å². The minimum Gasteiger partial charge on any atom is -0.457 e. The Bertz CT molecular complexity index is 2910. The maximum atomic E-state index is 6.70. The van der Waals surface area contributed by atoms with Gasteiger partial charge >= 0.3 is 0 Å². The van der Waals surface area contributed by atoms with Crippen LogP contribution in [0, 0.1) is 0 Å². The second-order valence-corrected chi connectivity index (χ2v) is 16.8. The molecule has 9 aromatic rings. The number of ether oxygens (including phenoxy) is 1. The van der Waals surface area contributed by atoms with Crippen LogP contribution in [0.3, 0.4) is 0 Å². The fourth-order valence-electron chi connectivity index (χ4n) is 8.89. The first kappa shape index (κ1) is 37.2. The van der Waals surface area contributed by atoms with Gasteiger partial charge in [-0.15, -0.1) is 0 Å². The van der Waals surface area contributed by atoms with Gasteiger partial charge in [-0.25, -0.2) is 4.98 Å². The highest BCUT2D eigenvalue weighted by atomic mass is 16.5. The molecule has 1 aliphatic heterocycles. The molecule has 0 unspecified atom stereocenters. The maximum absolute atomic E-state index is 6.70. The van der Waals surface area contributed by atoms with Crippen molar-refractivity contribution < 1.29 is 4.74 Å². The number of rotatable bonds is 10. The quantitative estimate of drug-likeness (QED) is 0.138. The van der Waals surface area contributed by atoms with Gasteiger partial charge in [-0.05, 0) is 106 Å². The van der Waals surface area contributed by atoms with E-state index in [1.807, 2.05) is 12.3 Å². The Balaban J connectivity index is 0.917. The Morgan fingerprint density at radius 2 is 1.22 bits per heavy atom. The fourth-order valence-corrected chi connectivity index (χ4v) is 8.89. The number of para-hydroxylation sites is 3. The minimum atomic E-state index is 0.00394. The highest BCUT2D eigenvalue weighted by molar-refractivity contribution is 6.09. The van der Waals surface area contributed by atoms with Crippen LogP contribution in [0.25, 0.3) is 49.9 Å². The number of pyridine rings is 1. The van der Waals surface area contributed by atoms with Crippen molar-refractivity contribution in [1.29, 1.82) is 0 Å². The van der Waals surface area contributed by atoms with E-state index in [0.717, 1.165) is 60.1 Å². The summed E-state index contributed by atoms with van der Waals surface area (Å²) in [6.45, 7) is 8.42. The molecule has 0 fully saturated rings. The predicted molar refractivity (Wildman–Crippen MR) is 250 cm³/mol. The van der Waals surface area contributed by atoms with E-state index in [0.29, 0.717) is 0 Å². The number of fused-ring (bicyclic) bond motifs is 4. The summed E-state index contributed by atoms with van der Waals surface area (Å²) < 4.78 is 8.97. The van der Waals surface area contributed by atoms with Crippen molar-refractivity contribution in [2.75, 3.05) is 23.0 Å². The third-order valence-electron chi connectivity index (χ3n) is 11.9. The van der Waals surface area contributed by atoms with E-state index in [-0.39, 0.29) is 5.41 Å². The molecule has 0 amide bonds. The van der Waals surface area contributed by atoms with E-state index in [9.17, 15) is 0 Å². The summed E-state index contributed by atoms with van der Waals surface area (Å²) >= 11 is 0. The Kier molecular flexibility index (Phi) is 9.65. The lowest BCUT2D eigenvalue weighted by atomic mass is 9.88. The molecule has 0 N–H and O–H groups in total. The molecule has 5 heteroatoms. The summed E-state index contributed by atoms with van der Waals surface area (Å²) in [5.41, 5.74) is 13.5. The monoisotopic (exact) mass is 780 g/mol. The molecule has 1 aliphatic rings. The lowest BCUT2D eigenvalue weighted by molar-refractivity contribution is 0.483. The van der Waals surface area contributed by atoms with Crippen molar-refractivity contribution in [2.24, 2.45) is 0 Å². The molecule has 0 bridgehead atoms. The van der Waals surface area contributed by atoms with Gasteiger partial charge in [0.25, 0.3) is 0 Å². The molecule has 3 heterocycles. The molecule has 0 atom stereocenters.